The van der Waals surface area contributed by atoms with Gasteiger partial charge in [0.15, 0.2) is 0 Å². The minimum atomic E-state index is -0.137. The van der Waals surface area contributed by atoms with Crippen molar-refractivity contribution in [2.24, 2.45) is 22.7 Å². The van der Waals surface area contributed by atoms with Gasteiger partial charge in [0.25, 0.3) is 0 Å². The first-order chi connectivity index (χ1) is 9.78. The molecule has 0 aliphatic heterocycles. The molecule has 5 atom stereocenters. The van der Waals surface area contributed by atoms with E-state index in [-0.39, 0.29) is 11.5 Å². The fraction of sp³-hybridized carbons (Fsp3) is 0.800. The van der Waals surface area contributed by atoms with Crippen molar-refractivity contribution in [2.45, 2.75) is 78.7 Å². The number of aliphatic hydroxyl groups excluding tert-OH is 1. The van der Waals surface area contributed by atoms with E-state index >= 15 is 0 Å². The molecule has 1 nitrogen and oxygen atoms in total. The molecule has 2 fully saturated rings. The molecular weight excluding hydrogens is 256 g/mol. The molecule has 0 unspecified atom stereocenters. The van der Waals surface area contributed by atoms with E-state index in [9.17, 15) is 5.11 Å². The minimum Gasteiger partial charge on any atom is -0.392 e. The number of fused-ring (bicyclic) bond motifs is 2. The summed E-state index contributed by atoms with van der Waals surface area (Å²) in [5, 5.41) is 10.7. The molecule has 0 heterocycles. The fourth-order valence-corrected chi connectivity index (χ4v) is 5.76. The summed E-state index contributed by atoms with van der Waals surface area (Å²) in [5.74, 6) is 1.47. The molecule has 118 valence electrons. The third-order valence-corrected chi connectivity index (χ3v) is 7.33. The molecule has 0 amide bonds. The van der Waals surface area contributed by atoms with Crippen molar-refractivity contribution in [1.82, 2.24) is 0 Å². The summed E-state index contributed by atoms with van der Waals surface area (Å²) in [5.41, 5.74) is 5.02. The van der Waals surface area contributed by atoms with Crippen LogP contribution in [0.25, 0.3) is 0 Å². The van der Waals surface area contributed by atoms with Crippen molar-refractivity contribution in [1.29, 1.82) is 0 Å². The second-order valence-electron chi connectivity index (χ2n) is 8.70. The van der Waals surface area contributed by atoms with Gasteiger partial charge in [0.1, 0.15) is 0 Å². The maximum atomic E-state index is 10.7. The van der Waals surface area contributed by atoms with Gasteiger partial charge in [0.2, 0.25) is 0 Å². The zero-order valence-corrected chi connectivity index (χ0v) is 14.3. The third-order valence-electron chi connectivity index (χ3n) is 7.33. The summed E-state index contributed by atoms with van der Waals surface area (Å²) in [6.45, 7) is 13.6. The highest BCUT2D eigenvalue weighted by Crippen LogP contribution is 2.61. The van der Waals surface area contributed by atoms with E-state index in [1.54, 1.807) is 11.1 Å². The molecule has 0 aromatic heterocycles. The van der Waals surface area contributed by atoms with Gasteiger partial charge in [-0.15, -0.1) is 0 Å². The summed E-state index contributed by atoms with van der Waals surface area (Å²) >= 11 is 0. The molecule has 0 aromatic rings. The Morgan fingerprint density at radius 2 is 1.90 bits per heavy atom. The molecule has 3 aliphatic carbocycles. The van der Waals surface area contributed by atoms with Crippen LogP contribution in [-0.4, -0.2) is 11.2 Å². The molecule has 1 N–H and O–H groups in total. The van der Waals surface area contributed by atoms with E-state index in [0.29, 0.717) is 11.3 Å². The average molecular weight is 288 g/mol. The van der Waals surface area contributed by atoms with Crippen LogP contribution in [0.3, 0.4) is 0 Å². The first-order valence-corrected chi connectivity index (χ1v) is 8.80. The van der Waals surface area contributed by atoms with Crippen LogP contribution in [0.4, 0.5) is 0 Å². The van der Waals surface area contributed by atoms with Crippen LogP contribution in [0, 0.1) is 22.7 Å². The van der Waals surface area contributed by atoms with Gasteiger partial charge in [-0.2, -0.15) is 0 Å². The van der Waals surface area contributed by atoms with Crippen molar-refractivity contribution in [3.05, 3.63) is 23.3 Å². The number of hydrogen-bond donors (Lipinski definition) is 1. The highest BCUT2D eigenvalue weighted by atomic mass is 16.3. The van der Waals surface area contributed by atoms with Crippen molar-refractivity contribution in [2.75, 3.05) is 0 Å². The van der Waals surface area contributed by atoms with Crippen molar-refractivity contribution in [3.8, 4) is 0 Å². The number of hydrogen-bond acceptors (Lipinski definition) is 1. The first-order valence-electron chi connectivity index (χ1n) is 8.80. The fourth-order valence-electron chi connectivity index (χ4n) is 5.76. The number of aliphatic hydroxyl groups is 1. The van der Waals surface area contributed by atoms with Crippen LogP contribution in [0.1, 0.15) is 72.6 Å². The molecule has 0 saturated heterocycles. The summed E-state index contributed by atoms with van der Waals surface area (Å²) in [6, 6.07) is 0. The molecule has 0 spiro atoms. The van der Waals surface area contributed by atoms with E-state index in [0.717, 1.165) is 25.2 Å². The highest BCUT2D eigenvalue weighted by Gasteiger charge is 2.52. The van der Waals surface area contributed by atoms with Gasteiger partial charge < -0.3 is 5.11 Å². The Hall–Kier alpha value is -0.560. The Morgan fingerprint density at radius 3 is 2.57 bits per heavy atom. The van der Waals surface area contributed by atoms with E-state index < -0.39 is 0 Å². The van der Waals surface area contributed by atoms with E-state index in [2.05, 4.69) is 34.3 Å². The summed E-state index contributed by atoms with van der Waals surface area (Å²) < 4.78 is 0. The SMILES string of the molecule is C=C(C)[C@H]1CC[C@]2(C)CC3=C(C)CC[C@H](O)[C@@]3(C)CC[C@@H]12. The monoisotopic (exact) mass is 288 g/mol. The molecule has 3 rings (SSSR count). The Balaban J connectivity index is 2.00. The second kappa shape index (κ2) is 4.98. The quantitative estimate of drug-likeness (QED) is 0.653. The van der Waals surface area contributed by atoms with Crippen molar-refractivity contribution in [3.63, 3.8) is 0 Å². The van der Waals surface area contributed by atoms with Crippen LogP contribution < -0.4 is 0 Å². The lowest BCUT2D eigenvalue weighted by molar-refractivity contribution is 0.0382. The van der Waals surface area contributed by atoms with Crippen LogP contribution in [0.5, 0.6) is 0 Å². The Morgan fingerprint density at radius 1 is 1.19 bits per heavy atom. The zero-order chi connectivity index (χ0) is 15.4. The van der Waals surface area contributed by atoms with Crippen LogP contribution in [0.2, 0.25) is 0 Å². The number of rotatable bonds is 1. The molecule has 1 heteroatoms. The van der Waals surface area contributed by atoms with Gasteiger partial charge in [-0.3, -0.25) is 0 Å². The van der Waals surface area contributed by atoms with Crippen molar-refractivity contribution >= 4 is 0 Å². The zero-order valence-electron chi connectivity index (χ0n) is 14.3. The van der Waals surface area contributed by atoms with Crippen molar-refractivity contribution < 1.29 is 5.11 Å². The van der Waals surface area contributed by atoms with Crippen LogP contribution in [0.15, 0.2) is 23.3 Å². The molecule has 21 heavy (non-hydrogen) atoms. The normalized spacial score (nSPS) is 46.8. The highest BCUT2D eigenvalue weighted by molar-refractivity contribution is 5.29. The molecule has 2 saturated carbocycles. The summed E-state index contributed by atoms with van der Waals surface area (Å²) in [6.07, 6.45) is 8.19. The number of allylic oxidation sites excluding steroid dienone is 2. The predicted molar refractivity (Wildman–Crippen MR) is 89.0 cm³/mol. The molecule has 3 aliphatic rings. The standard InChI is InChI=1S/C20H32O/c1-13(2)15-8-10-19(4)12-17-14(3)6-7-18(21)20(17,5)11-9-16(15)19/h15-16,18,21H,1,6-12H2,2-5H3/t15-,16+,18+,19-,20+/m1/s1. The van der Waals surface area contributed by atoms with E-state index in [1.165, 1.54) is 31.3 Å². The molecule has 0 radical (unpaired) electrons. The molecule has 0 aromatic carbocycles. The minimum absolute atomic E-state index is 0.0370. The van der Waals surface area contributed by atoms with E-state index in [1.807, 2.05) is 0 Å². The van der Waals surface area contributed by atoms with Crippen LogP contribution >= 0.6 is 0 Å². The lowest BCUT2D eigenvalue weighted by Gasteiger charge is -2.42. The topological polar surface area (TPSA) is 20.2 Å². The smallest absolute Gasteiger partial charge is 0.0634 e. The molecular formula is C20H32O. The van der Waals surface area contributed by atoms with Crippen LogP contribution in [-0.2, 0) is 0 Å². The third kappa shape index (κ3) is 2.23. The second-order valence-corrected chi connectivity index (χ2v) is 8.70. The summed E-state index contributed by atoms with van der Waals surface area (Å²) in [4.78, 5) is 0. The van der Waals surface area contributed by atoms with Gasteiger partial charge in [-0.05, 0) is 76.0 Å². The van der Waals surface area contributed by atoms with E-state index in [4.69, 9.17) is 0 Å². The lowest BCUT2D eigenvalue weighted by atomic mass is 9.65. The Labute approximate surface area is 130 Å². The van der Waals surface area contributed by atoms with Gasteiger partial charge in [0, 0.05) is 5.41 Å². The lowest BCUT2D eigenvalue weighted by Crippen LogP contribution is -2.37. The largest absolute Gasteiger partial charge is 0.392 e. The molecule has 0 bridgehead atoms. The van der Waals surface area contributed by atoms with Gasteiger partial charge in [0.05, 0.1) is 6.10 Å². The maximum absolute atomic E-state index is 10.7. The summed E-state index contributed by atoms with van der Waals surface area (Å²) in [7, 11) is 0. The Kier molecular flexibility index (Phi) is 3.64. The predicted octanol–water partition coefficient (Wildman–Crippen LogP) is 5.26. The average Bonchev–Trinajstić information content (AvgIpc) is 2.69. The van der Waals surface area contributed by atoms with Gasteiger partial charge in [-0.25, -0.2) is 0 Å². The van der Waals surface area contributed by atoms with Gasteiger partial charge >= 0.3 is 0 Å². The van der Waals surface area contributed by atoms with Gasteiger partial charge in [-0.1, -0.05) is 37.1 Å². The maximum Gasteiger partial charge on any atom is 0.0634 e. The Bertz CT molecular complexity index is 488. The first kappa shape index (κ1) is 15.3.